The number of hydrogen-bond donors (Lipinski definition) is 2. The quantitative estimate of drug-likeness (QED) is 0.899. The van der Waals surface area contributed by atoms with Gasteiger partial charge in [-0.05, 0) is 18.4 Å². The highest BCUT2D eigenvalue weighted by molar-refractivity contribution is 5.76. The van der Waals surface area contributed by atoms with Gasteiger partial charge in [0.2, 0.25) is 5.91 Å². The first-order valence-electron chi connectivity index (χ1n) is 7.98. The molecule has 2 unspecified atom stereocenters. The largest absolute Gasteiger partial charge is 0.493 e. The molecule has 1 aliphatic rings. The van der Waals surface area contributed by atoms with E-state index in [1.54, 1.807) is 0 Å². The van der Waals surface area contributed by atoms with E-state index in [0.29, 0.717) is 13.0 Å². The van der Waals surface area contributed by atoms with Crippen LogP contribution in [0.1, 0.15) is 69.4 Å². The molecule has 0 bridgehead atoms. The molecule has 0 saturated carbocycles. The Labute approximate surface area is 132 Å². The first-order valence-corrected chi connectivity index (χ1v) is 7.98. The molecule has 0 aromatic heterocycles. The van der Waals surface area contributed by atoms with E-state index in [2.05, 4.69) is 5.32 Å². The Morgan fingerprint density at radius 1 is 1.45 bits per heavy atom. The number of rotatable bonds is 3. The number of amides is 1. The minimum absolute atomic E-state index is 0.0391. The smallest absolute Gasteiger partial charge is 0.220 e. The van der Waals surface area contributed by atoms with E-state index >= 15 is 0 Å². The van der Waals surface area contributed by atoms with Gasteiger partial charge in [-0.25, -0.2) is 0 Å². The molecule has 0 spiro atoms. The molecule has 2 atom stereocenters. The maximum Gasteiger partial charge on any atom is 0.220 e. The van der Waals surface area contributed by atoms with E-state index in [1.165, 1.54) is 0 Å². The highest BCUT2D eigenvalue weighted by Crippen LogP contribution is 2.43. The van der Waals surface area contributed by atoms with Gasteiger partial charge in [0.1, 0.15) is 5.75 Å². The normalized spacial score (nSPS) is 19.1. The number of nitrogens with one attached hydrogen (secondary N) is 1. The van der Waals surface area contributed by atoms with Gasteiger partial charge >= 0.3 is 0 Å². The van der Waals surface area contributed by atoms with Gasteiger partial charge in [0.15, 0.2) is 0 Å². The Hall–Kier alpha value is -1.55. The van der Waals surface area contributed by atoms with Crippen molar-refractivity contribution in [1.82, 2.24) is 5.32 Å². The number of ether oxygens (including phenoxy) is 1. The van der Waals surface area contributed by atoms with Gasteiger partial charge in [-0.15, -0.1) is 0 Å². The summed E-state index contributed by atoms with van der Waals surface area (Å²) in [6, 6.07) is 3.99. The van der Waals surface area contributed by atoms with Crippen LogP contribution in [-0.2, 0) is 4.79 Å². The highest BCUT2D eigenvalue weighted by atomic mass is 16.5. The van der Waals surface area contributed by atoms with Crippen LogP contribution >= 0.6 is 0 Å². The van der Waals surface area contributed by atoms with Crippen molar-refractivity contribution in [3.05, 3.63) is 28.8 Å². The number of hydrogen-bond acceptors (Lipinski definition) is 3. The summed E-state index contributed by atoms with van der Waals surface area (Å²) in [5.74, 6) is 0.776. The van der Waals surface area contributed by atoms with Crippen molar-refractivity contribution in [2.24, 2.45) is 5.41 Å². The summed E-state index contributed by atoms with van der Waals surface area (Å²) in [5.41, 5.74) is 2.59. The fraction of sp³-hybridized carbons (Fsp3) is 0.611. The minimum Gasteiger partial charge on any atom is -0.493 e. The van der Waals surface area contributed by atoms with Gasteiger partial charge in [0, 0.05) is 24.0 Å². The van der Waals surface area contributed by atoms with Crippen LogP contribution < -0.4 is 10.1 Å². The van der Waals surface area contributed by atoms with E-state index < -0.39 is 6.10 Å². The number of aliphatic hydroxyl groups is 1. The van der Waals surface area contributed by atoms with Crippen molar-refractivity contribution in [2.45, 2.75) is 59.6 Å². The van der Waals surface area contributed by atoms with Crippen LogP contribution in [-0.4, -0.2) is 17.6 Å². The van der Waals surface area contributed by atoms with Gasteiger partial charge in [-0.1, -0.05) is 39.3 Å². The number of benzene rings is 1. The lowest BCUT2D eigenvalue weighted by Crippen LogP contribution is -2.32. The number of carbonyl (C=O) groups is 1. The van der Waals surface area contributed by atoms with Crippen LogP contribution in [0.5, 0.6) is 5.75 Å². The van der Waals surface area contributed by atoms with E-state index in [0.717, 1.165) is 28.9 Å². The summed E-state index contributed by atoms with van der Waals surface area (Å²) in [7, 11) is 0. The number of fused-ring (bicyclic) bond motifs is 1. The third-order valence-corrected chi connectivity index (χ3v) is 4.09. The Kier molecular flexibility index (Phi) is 4.81. The second-order valence-corrected chi connectivity index (χ2v) is 7.15. The summed E-state index contributed by atoms with van der Waals surface area (Å²) >= 11 is 0. The second kappa shape index (κ2) is 6.29. The molecule has 2 rings (SSSR count). The lowest BCUT2D eigenvalue weighted by atomic mass is 9.82. The SMILES string of the molecule is CCC(=O)NC1CCOc2c1cc(C)cc2C(O)C(C)(C)C. The summed E-state index contributed by atoms with van der Waals surface area (Å²) in [6.07, 6.45) is 0.616. The van der Waals surface area contributed by atoms with Crippen molar-refractivity contribution in [3.63, 3.8) is 0 Å². The number of carbonyl (C=O) groups excluding carboxylic acids is 1. The molecular formula is C18H27NO3. The first kappa shape index (κ1) is 16.8. The monoisotopic (exact) mass is 305 g/mol. The van der Waals surface area contributed by atoms with Crippen LogP contribution in [0.15, 0.2) is 12.1 Å². The molecule has 22 heavy (non-hydrogen) atoms. The van der Waals surface area contributed by atoms with Crippen LogP contribution in [0.4, 0.5) is 0 Å². The lowest BCUT2D eigenvalue weighted by Gasteiger charge is -2.33. The Morgan fingerprint density at radius 2 is 2.14 bits per heavy atom. The zero-order chi connectivity index (χ0) is 16.5. The van der Waals surface area contributed by atoms with E-state index in [1.807, 2.05) is 46.8 Å². The number of aryl methyl sites for hydroxylation is 1. The van der Waals surface area contributed by atoms with Gasteiger partial charge in [-0.3, -0.25) is 4.79 Å². The van der Waals surface area contributed by atoms with Crippen molar-refractivity contribution in [1.29, 1.82) is 0 Å². The molecule has 0 saturated heterocycles. The molecule has 1 aromatic carbocycles. The Balaban J connectivity index is 2.46. The average molecular weight is 305 g/mol. The molecular weight excluding hydrogens is 278 g/mol. The third kappa shape index (κ3) is 3.43. The van der Waals surface area contributed by atoms with E-state index in [9.17, 15) is 9.90 Å². The first-order chi connectivity index (χ1) is 10.2. The molecule has 4 heteroatoms. The summed E-state index contributed by atoms with van der Waals surface area (Å²) in [6.45, 7) is 10.4. The molecule has 0 aliphatic carbocycles. The van der Waals surface area contributed by atoms with E-state index in [4.69, 9.17) is 4.74 Å². The summed E-state index contributed by atoms with van der Waals surface area (Å²) < 4.78 is 5.86. The van der Waals surface area contributed by atoms with Crippen molar-refractivity contribution in [2.75, 3.05) is 6.61 Å². The van der Waals surface area contributed by atoms with Gasteiger partial charge in [-0.2, -0.15) is 0 Å². The van der Waals surface area contributed by atoms with Gasteiger partial charge in [0.05, 0.1) is 18.8 Å². The molecule has 1 heterocycles. The van der Waals surface area contributed by atoms with Crippen molar-refractivity contribution in [3.8, 4) is 5.75 Å². The Morgan fingerprint density at radius 3 is 2.73 bits per heavy atom. The van der Waals surface area contributed by atoms with Crippen LogP contribution in [0.2, 0.25) is 0 Å². The maximum atomic E-state index is 11.8. The molecule has 122 valence electrons. The highest BCUT2D eigenvalue weighted by Gasteiger charge is 2.32. The molecule has 1 aliphatic heterocycles. The fourth-order valence-corrected chi connectivity index (χ4v) is 2.81. The fourth-order valence-electron chi connectivity index (χ4n) is 2.81. The second-order valence-electron chi connectivity index (χ2n) is 7.15. The summed E-state index contributed by atoms with van der Waals surface area (Å²) in [5, 5.41) is 13.7. The standard InChI is InChI=1S/C18H27NO3/c1-6-15(20)19-14-7-8-22-16-12(14)9-11(2)10-13(16)17(21)18(3,4)5/h9-10,14,17,21H,6-8H2,1-5H3,(H,19,20). The van der Waals surface area contributed by atoms with Gasteiger partial charge < -0.3 is 15.2 Å². The molecule has 4 nitrogen and oxygen atoms in total. The predicted molar refractivity (Wildman–Crippen MR) is 86.9 cm³/mol. The third-order valence-electron chi connectivity index (χ3n) is 4.09. The average Bonchev–Trinajstić information content (AvgIpc) is 2.45. The predicted octanol–water partition coefficient (Wildman–Crippen LogP) is 3.42. The zero-order valence-electron chi connectivity index (χ0n) is 14.2. The van der Waals surface area contributed by atoms with Crippen molar-refractivity contribution < 1.29 is 14.6 Å². The Bertz CT molecular complexity index is 560. The zero-order valence-corrected chi connectivity index (χ0v) is 14.2. The van der Waals surface area contributed by atoms with Crippen LogP contribution in [0, 0.1) is 12.3 Å². The molecule has 0 radical (unpaired) electrons. The van der Waals surface area contributed by atoms with Crippen LogP contribution in [0.25, 0.3) is 0 Å². The summed E-state index contributed by atoms with van der Waals surface area (Å²) in [4.78, 5) is 11.8. The van der Waals surface area contributed by atoms with E-state index in [-0.39, 0.29) is 17.4 Å². The minimum atomic E-state index is -0.609. The lowest BCUT2D eigenvalue weighted by molar-refractivity contribution is -0.121. The molecule has 1 amide bonds. The molecule has 0 fully saturated rings. The molecule has 2 N–H and O–H groups in total. The van der Waals surface area contributed by atoms with Crippen LogP contribution in [0.3, 0.4) is 0 Å². The number of aliphatic hydroxyl groups excluding tert-OH is 1. The maximum absolute atomic E-state index is 11.8. The van der Waals surface area contributed by atoms with Crippen molar-refractivity contribution >= 4 is 5.91 Å². The topological polar surface area (TPSA) is 58.6 Å². The van der Waals surface area contributed by atoms with Gasteiger partial charge in [0.25, 0.3) is 0 Å². The molecule has 1 aromatic rings.